The Labute approximate surface area is 127 Å². The third-order valence-corrected chi connectivity index (χ3v) is 4.59. The number of carboxylic acids is 2. The predicted octanol–water partition coefficient (Wildman–Crippen LogP) is 0.108. The minimum atomic E-state index is -1.71. The quantitative estimate of drug-likeness (QED) is 0.423. The molecule has 19 heavy (non-hydrogen) atoms. The van der Waals surface area contributed by atoms with Crippen LogP contribution in [0.3, 0.4) is 0 Å². The minimum absolute atomic E-state index is 0. The first-order chi connectivity index (χ1) is 8.28. The molecular weight excluding hydrogens is 431 g/mol. The first-order valence-electron chi connectivity index (χ1n) is 6.21. The Kier molecular flexibility index (Phi) is 6.66. The Morgan fingerprint density at radius 2 is 1.79 bits per heavy atom. The van der Waals surface area contributed by atoms with Crippen LogP contribution in [-0.4, -0.2) is 34.7 Å². The Morgan fingerprint density at radius 3 is 2.05 bits per heavy atom. The van der Waals surface area contributed by atoms with E-state index in [9.17, 15) is 19.8 Å². The molecule has 1 saturated carbocycles. The van der Waals surface area contributed by atoms with Crippen molar-refractivity contribution in [2.75, 3.05) is 6.54 Å². The molecule has 0 radical (unpaired) electrons. The van der Waals surface area contributed by atoms with Crippen molar-refractivity contribution < 1.29 is 40.9 Å². The van der Waals surface area contributed by atoms with E-state index in [1.165, 1.54) is 0 Å². The summed E-state index contributed by atoms with van der Waals surface area (Å²) < 4.78 is 0. The van der Waals surface area contributed by atoms with Crippen LogP contribution < -0.4 is 11.5 Å². The summed E-state index contributed by atoms with van der Waals surface area (Å²) in [7, 11) is 0. The van der Waals surface area contributed by atoms with Gasteiger partial charge in [-0.15, -0.1) is 0 Å². The number of rotatable bonds is 6. The zero-order valence-electron chi connectivity index (χ0n) is 11.1. The van der Waals surface area contributed by atoms with E-state index >= 15 is 0 Å². The van der Waals surface area contributed by atoms with Crippen LogP contribution in [0.15, 0.2) is 0 Å². The molecule has 4 atom stereocenters. The van der Waals surface area contributed by atoms with Gasteiger partial charge in [-0.05, 0) is 31.2 Å². The van der Waals surface area contributed by atoms with E-state index in [1.807, 2.05) is 13.8 Å². The first-order valence-corrected chi connectivity index (χ1v) is 6.21. The molecule has 0 spiro atoms. The number of carboxylic acid groups (broad SMARTS) is 2. The van der Waals surface area contributed by atoms with Crippen molar-refractivity contribution in [1.29, 1.82) is 0 Å². The van der Waals surface area contributed by atoms with Crippen LogP contribution in [0.2, 0.25) is 0 Å². The van der Waals surface area contributed by atoms with Crippen molar-refractivity contribution in [3.63, 3.8) is 0 Å². The van der Waals surface area contributed by atoms with Gasteiger partial charge >= 0.3 is 11.9 Å². The molecule has 6 N–H and O–H groups in total. The average Bonchev–Trinajstić information content (AvgIpc) is 2.24. The SMILES string of the molecule is CC(CN)C(C)C(N)C1CCC1(C(=O)O)C(=O)O.[Pt]. The maximum Gasteiger partial charge on any atom is 0.321 e. The molecule has 0 aromatic rings. The van der Waals surface area contributed by atoms with Gasteiger partial charge in [0.1, 0.15) is 0 Å². The van der Waals surface area contributed by atoms with Crippen LogP contribution in [-0.2, 0) is 30.7 Å². The van der Waals surface area contributed by atoms with Crippen LogP contribution in [0.1, 0.15) is 26.7 Å². The standard InChI is InChI=1S/C12H22N2O4.Pt/c1-6(5-13)7(2)9(14)8-3-4-12(8,10(15)16)11(17)18;/h6-9H,3-5,13-14H2,1-2H3,(H,15,16)(H,17,18);. The van der Waals surface area contributed by atoms with Crippen LogP contribution in [0, 0.1) is 23.2 Å². The van der Waals surface area contributed by atoms with E-state index in [0.717, 1.165) is 0 Å². The Bertz CT molecular complexity index is 337. The number of aliphatic carboxylic acids is 2. The Morgan fingerprint density at radius 1 is 1.32 bits per heavy atom. The van der Waals surface area contributed by atoms with Crippen molar-refractivity contribution >= 4 is 11.9 Å². The second kappa shape index (κ2) is 6.82. The van der Waals surface area contributed by atoms with Gasteiger partial charge in [0, 0.05) is 33.0 Å². The van der Waals surface area contributed by atoms with Crippen LogP contribution >= 0.6 is 0 Å². The van der Waals surface area contributed by atoms with Gasteiger partial charge < -0.3 is 21.7 Å². The number of carbonyl (C=O) groups is 2. The Balaban J connectivity index is 0.00000324. The van der Waals surface area contributed by atoms with Crippen LogP contribution in [0.4, 0.5) is 0 Å². The van der Waals surface area contributed by atoms with E-state index in [0.29, 0.717) is 13.0 Å². The summed E-state index contributed by atoms with van der Waals surface area (Å²) >= 11 is 0. The summed E-state index contributed by atoms with van der Waals surface area (Å²) in [6.07, 6.45) is 0.696. The van der Waals surface area contributed by atoms with Gasteiger partial charge in [-0.1, -0.05) is 13.8 Å². The summed E-state index contributed by atoms with van der Waals surface area (Å²) in [5.41, 5.74) is 9.93. The summed E-state index contributed by atoms with van der Waals surface area (Å²) in [6.45, 7) is 4.29. The van der Waals surface area contributed by atoms with Crippen molar-refractivity contribution in [2.24, 2.45) is 34.6 Å². The zero-order chi connectivity index (χ0) is 14.1. The van der Waals surface area contributed by atoms with Gasteiger partial charge in [0.25, 0.3) is 0 Å². The molecule has 0 bridgehead atoms. The molecule has 7 heteroatoms. The van der Waals surface area contributed by atoms with Crippen molar-refractivity contribution in [3.05, 3.63) is 0 Å². The van der Waals surface area contributed by atoms with E-state index in [4.69, 9.17) is 11.5 Å². The molecule has 0 aromatic carbocycles. The van der Waals surface area contributed by atoms with Gasteiger partial charge in [0.15, 0.2) is 5.41 Å². The molecule has 0 aliphatic heterocycles. The van der Waals surface area contributed by atoms with E-state index in [1.54, 1.807) is 0 Å². The molecule has 0 aromatic heterocycles. The molecule has 1 aliphatic carbocycles. The summed E-state index contributed by atoms with van der Waals surface area (Å²) in [4.78, 5) is 22.5. The van der Waals surface area contributed by atoms with E-state index in [2.05, 4.69) is 0 Å². The fourth-order valence-electron chi connectivity index (χ4n) is 2.70. The third-order valence-electron chi connectivity index (χ3n) is 4.59. The van der Waals surface area contributed by atoms with Gasteiger partial charge in [-0.3, -0.25) is 9.59 Å². The minimum Gasteiger partial charge on any atom is -0.480 e. The molecule has 0 saturated heterocycles. The van der Waals surface area contributed by atoms with Crippen molar-refractivity contribution in [1.82, 2.24) is 0 Å². The first kappa shape index (κ1) is 18.5. The summed E-state index contributed by atoms with van der Waals surface area (Å²) in [6, 6.07) is -0.454. The van der Waals surface area contributed by atoms with Crippen molar-refractivity contribution in [2.45, 2.75) is 32.7 Å². The normalized spacial score (nSPS) is 25.4. The molecule has 6 nitrogen and oxygen atoms in total. The molecule has 1 rings (SSSR count). The molecular formula is C12H22N2O4Pt. The van der Waals surface area contributed by atoms with Crippen LogP contribution in [0.5, 0.6) is 0 Å². The van der Waals surface area contributed by atoms with E-state index in [-0.39, 0.29) is 39.3 Å². The van der Waals surface area contributed by atoms with Gasteiger partial charge in [0.05, 0.1) is 0 Å². The topological polar surface area (TPSA) is 127 Å². The van der Waals surface area contributed by atoms with Gasteiger partial charge in [-0.2, -0.15) is 0 Å². The predicted molar refractivity (Wildman–Crippen MR) is 65.8 cm³/mol. The smallest absolute Gasteiger partial charge is 0.321 e. The molecule has 114 valence electrons. The number of hydrogen-bond acceptors (Lipinski definition) is 4. The third kappa shape index (κ3) is 3.01. The number of hydrogen-bond donors (Lipinski definition) is 4. The van der Waals surface area contributed by atoms with Gasteiger partial charge in [0.2, 0.25) is 0 Å². The maximum atomic E-state index is 11.3. The molecule has 1 aliphatic rings. The molecule has 0 amide bonds. The fraction of sp³-hybridized carbons (Fsp3) is 0.833. The zero-order valence-corrected chi connectivity index (χ0v) is 13.4. The maximum absolute atomic E-state index is 11.3. The second-order valence-corrected chi connectivity index (χ2v) is 5.38. The van der Waals surface area contributed by atoms with Crippen molar-refractivity contribution in [3.8, 4) is 0 Å². The second-order valence-electron chi connectivity index (χ2n) is 5.38. The molecule has 0 heterocycles. The van der Waals surface area contributed by atoms with Crippen LogP contribution in [0.25, 0.3) is 0 Å². The monoisotopic (exact) mass is 453 g/mol. The van der Waals surface area contributed by atoms with E-state index < -0.39 is 29.3 Å². The number of nitrogens with two attached hydrogens (primary N) is 2. The Hall–Kier alpha value is -0.452. The average molecular weight is 453 g/mol. The summed E-state index contributed by atoms with van der Waals surface area (Å²) in [5, 5.41) is 18.4. The fourth-order valence-corrected chi connectivity index (χ4v) is 2.70. The largest absolute Gasteiger partial charge is 0.480 e. The molecule has 1 fully saturated rings. The molecule has 4 unspecified atom stereocenters. The summed E-state index contributed by atoms with van der Waals surface area (Å²) in [5.74, 6) is -2.95. The van der Waals surface area contributed by atoms with Gasteiger partial charge in [-0.25, -0.2) is 0 Å².